The van der Waals surface area contributed by atoms with Gasteiger partial charge >= 0.3 is 0 Å². The number of fused-ring (bicyclic) bond motifs is 6. The number of hydrogen-bond donors (Lipinski definition) is 3. The van der Waals surface area contributed by atoms with Crippen molar-refractivity contribution in [2.45, 2.75) is 50.4 Å². The van der Waals surface area contributed by atoms with Crippen molar-refractivity contribution in [3.63, 3.8) is 0 Å². The molecule has 0 aliphatic heterocycles. The van der Waals surface area contributed by atoms with Gasteiger partial charge in [0.05, 0.1) is 11.0 Å². The van der Waals surface area contributed by atoms with Crippen molar-refractivity contribution >= 4 is 21.8 Å². The number of H-pyrrole nitrogens is 1. The van der Waals surface area contributed by atoms with Crippen molar-refractivity contribution in [2.24, 2.45) is 11.8 Å². The third-order valence-electron chi connectivity index (χ3n) is 7.48. The second-order valence-corrected chi connectivity index (χ2v) is 8.61. The summed E-state index contributed by atoms with van der Waals surface area (Å²) in [7, 11) is 0. The third-order valence-corrected chi connectivity index (χ3v) is 7.48. The fraction of sp³-hybridized carbons (Fsp3) is 0.455. The van der Waals surface area contributed by atoms with Crippen LogP contribution >= 0.6 is 0 Å². The van der Waals surface area contributed by atoms with Crippen LogP contribution in [0.5, 0.6) is 11.5 Å². The maximum Gasteiger partial charge on any atom is 0.139 e. The lowest BCUT2D eigenvalue weighted by molar-refractivity contribution is 0.216. The highest BCUT2D eigenvalue weighted by Gasteiger charge is 2.53. The van der Waals surface area contributed by atoms with Crippen molar-refractivity contribution in [2.75, 3.05) is 0 Å². The molecule has 2 aromatic carbocycles. The van der Waals surface area contributed by atoms with E-state index in [1.165, 1.54) is 49.7 Å². The Morgan fingerprint density at radius 3 is 2.92 bits per heavy atom. The van der Waals surface area contributed by atoms with Crippen LogP contribution in [0.3, 0.4) is 0 Å². The zero-order valence-electron chi connectivity index (χ0n) is 14.3. The first kappa shape index (κ1) is 14.1. The summed E-state index contributed by atoms with van der Waals surface area (Å²) in [4.78, 5) is 3.28. The highest BCUT2D eigenvalue weighted by Crippen LogP contribution is 2.61. The van der Waals surface area contributed by atoms with Gasteiger partial charge in [-0.15, -0.1) is 0 Å². The number of nitrogens with one attached hydrogen (secondary N) is 1. The molecule has 6 rings (SSSR count). The number of benzene rings is 2. The molecule has 2 saturated carbocycles. The van der Waals surface area contributed by atoms with Crippen LogP contribution in [-0.4, -0.2) is 15.2 Å². The topological polar surface area (TPSA) is 56.2 Å². The van der Waals surface area contributed by atoms with E-state index in [4.69, 9.17) is 0 Å². The Morgan fingerprint density at radius 1 is 1.08 bits per heavy atom. The molecule has 3 aliphatic rings. The standard InChI is InChI=1S/C22H23NO2/c24-17-6-3-5-14-19-15-9-12-8-13-4-1-2-7-22(13,11-12)16(15)10-18(25)21(19)23-20(14)17/h3,5-6,10,12-13,23-25H,1-2,4,7-9,11H2/t12?,13?,22-/m0/s1. The number of aromatic amines is 1. The maximum absolute atomic E-state index is 10.8. The molecular formula is C22H23NO2. The number of para-hydroxylation sites is 1. The smallest absolute Gasteiger partial charge is 0.139 e. The fourth-order valence-electron chi connectivity index (χ4n) is 6.63. The number of phenols is 2. The summed E-state index contributed by atoms with van der Waals surface area (Å²) < 4.78 is 0. The molecule has 128 valence electrons. The van der Waals surface area contributed by atoms with Gasteiger partial charge in [-0.3, -0.25) is 0 Å². The summed E-state index contributed by atoms with van der Waals surface area (Å²) in [5, 5.41) is 23.3. The Hall–Kier alpha value is -2.16. The molecule has 1 heterocycles. The predicted molar refractivity (Wildman–Crippen MR) is 99.2 cm³/mol. The van der Waals surface area contributed by atoms with Gasteiger partial charge in [-0.25, -0.2) is 0 Å². The molecular weight excluding hydrogens is 310 g/mol. The van der Waals surface area contributed by atoms with Gasteiger partial charge in [0.25, 0.3) is 0 Å². The first-order valence-corrected chi connectivity index (χ1v) is 9.66. The van der Waals surface area contributed by atoms with Crippen LogP contribution in [0.2, 0.25) is 0 Å². The minimum absolute atomic E-state index is 0.259. The SMILES string of the molecule is Oc1cccc2c1[nH]c1c(O)cc3c(c12)CC1CC2CCCC[C@@]32C1. The fourth-order valence-corrected chi connectivity index (χ4v) is 6.63. The molecule has 2 bridgehead atoms. The molecule has 3 atom stereocenters. The lowest BCUT2D eigenvalue weighted by atomic mass is 9.61. The lowest BCUT2D eigenvalue weighted by Crippen LogP contribution is -2.36. The van der Waals surface area contributed by atoms with Crippen LogP contribution in [0.25, 0.3) is 21.8 Å². The monoisotopic (exact) mass is 333 g/mol. The normalized spacial score (nSPS) is 30.6. The Balaban J connectivity index is 1.74. The summed E-state index contributed by atoms with van der Waals surface area (Å²) in [6, 6.07) is 7.74. The van der Waals surface area contributed by atoms with E-state index in [1.807, 2.05) is 6.07 Å². The molecule has 2 fully saturated rings. The molecule has 25 heavy (non-hydrogen) atoms. The molecule has 1 spiro atoms. The molecule has 0 radical (unpaired) electrons. The van der Waals surface area contributed by atoms with E-state index < -0.39 is 0 Å². The average Bonchev–Trinajstić information content (AvgIpc) is 3.14. The second kappa shape index (κ2) is 4.51. The second-order valence-electron chi connectivity index (χ2n) is 8.61. The number of aromatic hydroxyl groups is 2. The molecule has 3 aromatic rings. The van der Waals surface area contributed by atoms with E-state index in [2.05, 4.69) is 17.1 Å². The van der Waals surface area contributed by atoms with E-state index >= 15 is 0 Å². The molecule has 0 saturated heterocycles. The van der Waals surface area contributed by atoms with Gasteiger partial charge in [-0.05, 0) is 72.6 Å². The summed E-state index contributed by atoms with van der Waals surface area (Å²) in [6.07, 6.45) is 9.09. The van der Waals surface area contributed by atoms with Crippen molar-refractivity contribution in [3.8, 4) is 11.5 Å². The molecule has 0 amide bonds. The number of aromatic nitrogens is 1. The molecule has 3 aliphatic carbocycles. The van der Waals surface area contributed by atoms with Gasteiger partial charge in [-0.1, -0.05) is 25.0 Å². The quantitative estimate of drug-likeness (QED) is 0.534. The summed E-state index contributed by atoms with van der Waals surface area (Å²) in [5.41, 5.74) is 4.69. The molecule has 1 aromatic heterocycles. The van der Waals surface area contributed by atoms with Gasteiger partial charge < -0.3 is 15.2 Å². The zero-order chi connectivity index (χ0) is 16.8. The van der Waals surface area contributed by atoms with Gasteiger partial charge in [0, 0.05) is 10.8 Å². The molecule has 3 N–H and O–H groups in total. The molecule has 3 heteroatoms. The summed E-state index contributed by atoms with van der Waals surface area (Å²) in [5.74, 6) is 2.18. The summed E-state index contributed by atoms with van der Waals surface area (Å²) >= 11 is 0. The molecule has 3 nitrogen and oxygen atoms in total. The van der Waals surface area contributed by atoms with E-state index in [-0.39, 0.29) is 5.75 Å². The van der Waals surface area contributed by atoms with Crippen LogP contribution in [-0.2, 0) is 11.8 Å². The Labute approximate surface area is 146 Å². The van der Waals surface area contributed by atoms with Crippen LogP contribution < -0.4 is 0 Å². The number of rotatable bonds is 0. The van der Waals surface area contributed by atoms with Crippen LogP contribution in [0.1, 0.15) is 49.7 Å². The zero-order valence-corrected chi connectivity index (χ0v) is 14.3. The minimum atomic E-state index is 0.259. The molecule has 2 unspecified atom stereocenters. The number of hydrogen-bond acceptors (Lipinski definition) is 2. The van der Waals surface area contributed by atoms with E-state index in [0.29, 0.717) is 11.2 Å². The number of phenolic OH excluding ortho intramolecular Hbond substituents is 2. The third kappa shape index (κ3) is 1.62. The Bertz CT molecular complexity index is 1030. The Kier molecular flexibility index (Phi) is 2.54. The lowest BCUT2D eigenvalue weighted by Gasteiger charge is -2.43. The maximum atomic E-state index is 10.8. The van der Waals surface area contributed by atoms with Crippen LogP contribution in [0, 0.1) is 11.8 Å². The Morgan fingerprint density at radius 2 is 2.00 bits per heavy atom. The van der Waals surface area contributed by atoms with E-state index in [1.54, 1.807) is 6.07 Å². The van der Waals surface area contributed by atoms with Gasteiger partial charge in [0.1, 0.15) is 11.5 Å². The van der Waals surface area contributed by atoms with Crippen LogP contribution in [0.15, 0.2) is 24.3 Å². The van der Waals surface area contributed by atoms with Crippen molar-refractivity contribution in [1.29, 1.82) is 0 Å². The first-order chi connectivity index (χ1) is 12.2. The van der Waals surface area contributed by atoms with Gasteiger partial charge in [-0.2, -0.15) is 0 Å². The van der Waals surface area contributed by atoms with Crippen molar-refractivity contribution in [3.05, 3.63) is 35.4 Å². The van der Waals surface area contributed by atoms with Crippen molar-refractivity contribution in [1.82, 2.24) is 4.98 Å². The van der Waals surface area contributed by atoms with E-state index in [9.17, 15) is 10.2 Å². The first-order valence-electron chi connectivity index (χ1n) is 9.66. The average molecular weight is 333 g/mol. The highest BCUT2D eigenvalue weighted by atomic mass is 16.3. The minimum Gasteiger partial charge on any atom is -0.506 e. The summed E-state index contributed by atoms with van der Waals surface area (Å²) in [6.45, 7) is 0. The predicted octanol–water partition coefficient (Wildman–Crippen LogP) is 5.13. The van der Waals surface area contributed by atoms with Gasteiger partial charge in [0.15, 0.2) is 0 Å². The largest absolute Gasteiger partial charge is 0.506 e. The highest BCUT2D eigenvalue weighted by molar-refractivity contribution is 6.13. The van der Waals surface area contributed by atoms with Crippen LogP contribution in [0.4, 0.5) is 0 Å². The van der Waals surface area contributed by atoms with Gasteiger partial charge in [0.2, 0.25) is 0 Å². The van der Waals surface area contributed by atoms with Crippen molar-refractivity contribution < 1.29 is 10.2 Å². The van der Waals surface area contributed by atoms with E-state index in [0.717, 1.165) is 40.1 Å².